The number of benzene rings is 1. The zero-order chi connectivity index (χ0) is 11.4. The minimum Gasteiger partial charge on any atom is -0.389 e. The van der Waals surface area contributed by atoms with Gasteiger partial charge < -0.3 is 5.11 Å². The first-order chi connectivity index (χ1) is 7.00. The molecule has 1 unspecified atom stereocenters. The highest BCUT2D eigenvalue weighted by Gasteiger charge is 2.10. The van der Waals surface area contributed by atoms with Crippen LogP contribution >= 0.6 is 0 Å². The Bertz CT molecular complexity index is 368. The molecule has 0 fully saturated rings. The summed E-state index contributed by atoms with van der Waals surface area (Å²) < 4.78 is 26.0. The fourth-order valence-electron chi connectivity index (χ4n) is 1.38. The minimum absolute atomic E-state index is 0.0920. The van der Waals surface area contributed by atoms with E-state index in [0.717, 1.165) is 11.6 Å². The molecule has 1 atom stereocenters. The number of hydrogen-bond donors (Lipinski definition) is 1. The molecule has 82 valence electrons. The van der Waals surface area contributed by atoms with Crippen LogP contribution < -0.4 is 0 Å². The van der Waals surface area contributed by atoms with E-state index in [0.29, 0.717) is 0 Å². The second-order valence-electron chi connectivity index (χ2n) is 3.73. The average Bonchev–Trinajstić information content (AvgIpc) is 2.11. The molecule has 0 aromatic heterocycles. The smallest absolute Gasteiger partial charge is 0.162 e. The number of rotatable bonds is 3. The van der Waals surface area contributed by atoms with E-state index in [2.05, 4.69) is 0 Å². The topological polar surface area (TPSA) is 20.2 Å². The number of halogens is 2. The van der Waals surface area contributed by atoms with E-state index in [1.807, 2.05) is 13.8 Å². The SMILES string of the molecule is CC(C)=CC(O)Cc1cccc(F)c1F. The first-order valence-corrected chi connectivity index (χ1v) is 4.76. The molecular formula is C12H14F2O. The van der Waals surface area contributed by atoms with E-state index in [1.165, 1.54) is 12.1 Å². The maximum Gasteiger partial charge on any atom is 0.162 e. The predicted molar refractivity (Wildman–Crippen MR) is 55.5 cm³/mol. The normalized spacial score (nSPS) is 12.3. The summed E-state index contributed by atoms with van der Waals surface area (Å²) in [4.78, 5) is 0. The van der Waals surface area contributed by atoms with Gasteiger partial charge in [0.2, 0.25) is 0 Å². The van der Waals surface area contributed by atoms with Crippen molar-refractivity contribution >= 4 is 0 Å². The number of hydrogen-bond acceptors (Lipinski definition) is 1. The number of aliphatic hydroxyl groups is 1. The van der Waals surface area contributed by atoms with E-state index in [4.69, 9.17) is 0 Å². The van der Waals surface area contributed by atoms with Gasteiger partial charge in [0.15, 0.2) is 11.6 Å². The van der Waals surface area contributed by atoms with Gasteiger partial charge in [-0.1, -0.05) is 23.8 Å². The lowest BCUT2D eigenvalue weighted by molar-refractivity contribution is 0.221. The van der Waals surface area contributed by atoms with E-state index in [-0.39, 0.29) is 12.0 Å². The first-order valence-electron chi connectivity index (χ1n) is 4.76. The summed E-state index contributed by atoms with van der Waals surface area (Å²) in [7, 11) is 0. The van der Waals surface area contributed by atoms with Crippen LogP contribution in [-0.2, 0) is 6.42 Å². The van der Waals surface area contributed by atoms with Crippen molar-refractivity contribution in [2.75, 3.05) is 0 Å². The van der Waals surface area contributed by atoms with Crippen LogP contribution in [0.5, 0.6) is 0 Å². The fraction of sp³-hybridized carbons (Fsp3) is 0.333. The molecule has 15 heavy (non-hydrogen) atoms. The lowest BCUT2D eigenvalue weighted by atomic mass is 10.1. The third kappa shape index (κ3) is 3.44. The summed E-state index contributed by atoms with van der Waals surface area (Å²) in [5.74, 6) is -1.75. The lowest BCUT2D eigenvalue weighted by Crippen LogP contribution is -2.09. The minimum atomic E-state index is -0.878. The molecule has 0 aliphatic rings. The summed E-state index contributed by atoms with van der Waals surface area (Å²) in [6.45, 7) is 3.68. The Morgan fingerprint density at radius 3 is 2.67 bits per heavy atom. The molecule has 0 amide bonds. The molecule has 1 nitrogen and oxygen atoms in total. The van der Waals surface area contributed by atoms with Crippen LogP contribution in [0.25, 0.3) is 0 Å². The van der Waals surface area contributed by atoms with Crippen molar-refractivity contribution in [1.29, 1.82) is 0 Å². The maximum absolute atomic E-state index is 13.2. The quantitative estimate of drug-likeness (QED) is 0.764. The Hall–Kier alpha value is -1.22. The molecule has 0 spiro atoms. The van der Waals surface area contributed by atoms with E-state index < -0.39 is 17.7 Å². The molecular weight excluding hydrogens is 198 g/mol. The van der Waals surface area contributed by atoms with Crippen LogP contribution in [0.15, 0.2) is 29.8 Å². The van der Waals surface area contributed by atoms with Crippen molar-refractivity contribution < 1.29 is 13.9 Å². The molecule has 0 saturated heterocycles. The summed E-state index contributed by atoms with van der Waals surface area (Å²) >= 11 is 0. The highest BCUT2D eigenvalue weighted by atomic mass is 19.2. The maximum atomic E-state index is 13.2. The summed E-state index contributed by atoms with van der Waals surface area (Å²) in [5.41, 5.74) is 1.14. The summed E-state index contributed by atoms with van der Waals surface area (Å²) in [6.07, 6.45) is 0.936. The Balaban J connectivity index is 2.81. The van der Waals surface area contributed by atoms with E-state index in [9.17, 15) is 13.9 Å². The predicted octanol–water partition coefficient (Wildman–Crippen LogP) is 2.83. The molecule has 0 heterocycles. The van der Waals surface area contributed by atoms with Crippen LogP contribution in [-0.4, -0.2) is 11.2 Å². The van der Waals surface area contributed by atoms with Crippen molar-refractivity contribution in [2.24, 2.45) is 0 Å². The van der Waals surface area contributed by atoms with Crippen molar-refractivity contribution in [3.8, 4) is 0 Å². The molecule has 0 aliphatic carbocycles. The number of allylic oxidation sites excluding steroid dienone is 1. The molecule has 0 saturated carbocycles. The zero-order valence-electron chi connectivity index (χ0n) is 8.80. The van der Waals surface area contributed by atoms with Crippen LogP contribution in [0.2, 0.25) is 0 Å². The van der Waals surface area contributed by atoms with E-state index in [1.54, 1.807) is 6.08 Å². The Labute approximate surface area is 88.1 Å². The summed E-state index contributed by atoms with van der Waals surface area (Å²) in [6, 6.07) is 3.97. The second-order valence-corrected chi connectivity index (χ2v) is 3.73. The molecule has 1 rings (SSSR count). The third-order valence-electron chi connectivity index (χ3n) is 1.99. The van der Waals surface area contributed by atoms with Crippen LogP contribution in [0.1, 0.15) is 19.4 Å². The van der Waals surface area contributed by atoms with Gasteiger partial charge in [-0.3, -0.25) is 0 Å². The Kier molecular flexibility index (Phi) is 3.97. The summed E-state index contributed by atoms with van der Waals surface area (Å²) in [5, 5.41) is 9.52. The average molecular weight is 212 g/mol. The van der Waals surface area contributed by atoms with Crippen molar-refractivity contribution in [2.45, 2.75) is 26.4 Å². The first kappa shape index (κ1) is 11.9. The number of aliphatic hydroxyl groups excluding tert-OH is 1. The molecule has 1 N–H and O–H groups in total. The van der Waals surface area contributed by atoms with Gasteiger partial charge in [0.25, 0.3) is 0 Å². The van der Waals surface area contributed by atoms with Crippen LogP contribution in [0.4, 0.5) is 8.78 Å². The zero-order valence-corrected chi connectivity index (χ0v) is 8.80. The molecule has 0 aliphatic heterocycles. The van der Waals surface area contributed by atoms with Crippen molar-refractivity contribution in [3.63, 3.8) is 0 Å². The van der Waals surface area contributed by atoms with Crippen molar-refractivity contribution in [1.82, 2.24) is 0 Å². The Morgan fingerprint density at radius 1 is 1.40 bits per heavy atom. The highest BCUT2D eigenvalue weighted by Crippen LogP contribution is 2.14. The van der Waals surface area contributed by atoms with Gasteiger partial charge in [-0.05, 0) is 25.5 Å². The monoisotopic (exact) mass is 212 g/mol. The van der Waals surface area contributed by atoms with Gasteiger partial charge in [-0.15, -0.1) is 0 Å². The van der Waals surface area contributed by atoms with Gasteiger partial charge in [-0.25, -0.2) is 8.78 Å². The second kappa shape index (κ2) is 5.03. The van der Waals surface area contributed by atoms with Crippen LogP contribution in [0.3, 0.4) is 0 Å². The third-order valence-corrected chi connectivity index (χ3v) is 1.99. The lowest BCUT2D eigenvalue weighted by Gasteiger charge is -2.07. The fourth-order valence-corrected chi connectivity index (χ4v) is 1.38. The van der Waals surface area contributed by atoms with Gasteiger partial charge in [0.05, 0.1) is 6.10 Å². The highest BCUT2D eigenvalue weighted by molar-refractivity contribution is 5.20. The van der Waals surface area contributed by atoms with E-state index >= 15 is 0 Å². The molecule has 0 bridgehead atoms. The Morgan fingerprint density at radius 2 is 2.07 bits per heavy atom. The molecule has 3 heteroatoms. The van der Waals surface area contributed by atoms with Crippen LogP contribution in [0, 0.1) is 11.6 Å². The van der Waals surface area contributed by atoms with Gasteiger partial charge in [0, 0.05) is 6.42 Å². The van der Waals surface area contributed by atoms with Gasteiger partial charge in [-0.2, -0.15) is 0 Å². The molecule has 1 aromatic carbocycles. The van der Waals surface area contributed by atoms with Gasteiger partial charge >= 0.3 is 0 Å². The molecule has 0 radical (unpaired) electrons. The standard InChI is InChI=1S/C12H14F2O/c1-8(2)6-10(15)7-9-4-3-5-11(13)12(9)14/h3-6,10,15H,7H2,1-2H3. The van der Waals surface area contributed by atoms with Crippen molar-refractivity contribution in [3.05, 3.63) is 47.0 Å². The van der Waals surface area contributed by atoms with Gasteiger partial charge in [0.1, 0.15) is 0 Å². The molecule has 1 aromatic rings. The largest absolute Gasteiger partial charge is 0.389 e.